The molecule has 8 atom stereocenters. The van der Waals surface area contributed by atoms with Crippen molar-refractivity contribution < 1.29 is 39.1 Å². The SMILES string of the molecule is COC(=O)CC(O)C(C)CCC(O)C(C)C1CC(O)C(C)C(CC(=O)OC)O1. The zero-order valence-electron chi connectivity index (χ0n) is 17.5. The van der Waals surface area contributed by atoms with Gasteiger partial charge in [-0.25, -0.2) is 0 Å². The van der Waals surface area contributed by atoms with Gasteiger partial charge in [-0.1, -0.05) is 20.8 Å². The van der Waals surface area contributed by atoms with Gasteiger partial charge in [0.15, 0.2) is 0 Å². The van der Waals surface area contributed by atoms with Crippen molar-refractivity contribution in [2.24, 2.45) is 17.8 Å². The maximum Gasteiger partial charge on any atom is 0.308 e. The lowest BCUT2D eigenvalue weighted by Gasteiger charge is -2.41. The van der Waals surface area contributed by atoms with E-state index in [-0.39, 0.29) is 36.7 Å². The molecule has 3 N–H and O–H groups in total. The lowest BCUT2D eigenvalue weighted by Crippen LogP contribution is -2.48. The van der Waals surface area contributed by atoms with Gasteiger partial charge in [0.2, 0.25) is 0 Å². The molecule has 0 radical (unpaired) electrons. The molecule has 0 aromatic carbocycles. The predicted molar refractivity (Wildman–Crippen MR) is 101 cm³/mol. The Morgan fingerprint density at radius 2 is 1.68 bits per heavy atom. The highest BCUT2D eigenvalue weighted by molar-refractivity contribution is 5.70. The molecule has 0 amide bonds. The molecule has 28 heavy (non-hydrogen) atoms. The number of aliphatic hydroxyl groups is 3. The average Bonchev–Trinajstić information content (AvgIpc) is 2.67. The van der Waals surface area contributed by atoms with Crippen molar-refractivity contribution >= 4 is 11.9 Å². The van der Waals surface area contributed by atoms with Crippen molar-refractivity contribution in [3.05, 3.63) is 0 Å². The second kappa shape index (κ2) is 11.7. The normalized spacial score (nSPS) is 29.4. The van der Waals surface area contributed by atoms with E-state index < -0.39 is 36.4 Å². The van der Waals surface area contributed by atoms with Crippen LogP contribution in [0, 0.1) is 17.8 Å². The number of methoxy groups -OCH3 is 2. The highest BCUT2D eigenvalue weighted by Gasteiger charge is 2.40. The summed E-state index contributed by atoms with van der Waals surface area (Å²) in [7, 11) is 2.59. The lowest BCUT2D eigenvalue weighted by molar-refractivity contribution is -0.172. The maximum absolute atomic E-state index is 11.6. The third-order valence-electron chi connectivity index (χ3n) is 5.98. The van der Waals surface area contributed by atoms with Gasteiger partial charge in [-0.05, 0) is 18.8 Å². The zero-order chi connectivity index (χ0) is 21.4. The van der Waals surface area contributed by atoms with Crippen LogP contribution in [-0.2, 0) is 23.8 Å². The Labute approximate surface area is 167 Å². The topological polar surface area (TPSA) is 123 Å². The molecule has 0 saturated carbocycles. The van der Waals surface area contributed by atoms with Gasteiger partial charge in [-0.3, -0.25) is 9.59 Å². The minimum absolute atomic E-state index is 0.0603. The quantitative estimate of drug-likeness (QED) is 0.462. The second-order valence-electron chi connectivity index (χ2n) is 7.98. The number of carbonyl (C=O) groups excluding carboxylic acids is 2. The highest BCUT2D eigenvalue weighted by Crippen LogP contribution is 2.33. The predicted octanol–water partition coefficient (Wildman–Crippen LogP) is 1.04. The summed E-state index contributed by atoms with van der Waals surface area (Å²) in [5.41, 5.74) is 0. The molecular formula is C20H36O8. The first-order valence-corrected chi connectivity index (χ1v) is 9.93. The number of ether oxygens (including phenoxy) is 3. The van der Waals surface area contributed by atoms with Gasteiger partial charge >= 0.3 is 11.9 Å². The third kappa shape index (κ3) is 7.31. The average molecular weight is 405 g/mol. The standard InChI is InChI=1S/C20H36O8/c1-11(15(22)9-19(24)26-4)6-7-14(21)12(2)17-8-16(23)13(3)18(28-17)10-20(25)27-5/h11-18,21-23H,6-10H2,1-5H3. The van der Waals surface area contributed by atoms with Crippen molar-refractivity contribution in [1.82, 2.24) is 0 Å². The van der Waals surface area contributed by atoms with E-state index in [0.717, 1.165) is 0 Å². The smallest absolute Gasteiger partial charge is 0.308 e. The van der Waals surface area contributed by atoms with Crippen LogP contribution >= 0.6 is 0 Å². The molecule has 0 aromatic heterocycles. The van der Waals surface area contributed by atoms with Crippen molar-refractivity contribution in [3.63, 3.8) is 0 Å². The summed E-state index contributed by atoms with van der Waals surface area (Å²) >= 11 is 0. The molecule has 1 aliphatic heterocycles. The van der Waals surface area contributed by atoms with E-state index in [1.54, 1.807) is 0 Å². The summed E-state index contributed by atoms with van der Waals surface area (Å²) < 4.78 is 15.3. The van der Waals surface area contributed by atoms with Crippen LogP contribution in [0.1, 0.15) is 52.9 Å². The van der Waals surface area contributed by atoms with Crippen molar-refractivity contribution in [1.29, 1.82) is 0 Å². The molecule has 8 unspecified atom stereocenters. The zero-order valence-corrected chi connectivity index (χ0v) is 17.5. The van der Waals surface area contributed by atoms with Gasteiger partial charge < -0.3 is 29.5 Å². The minimum atomic E-state index is -0.826. The second-order valence-corrected chi connectivity index (χ2v) is 7.98. The van der Waals surface area contributed by atoms with Crippen LogP contribution in [0.5, 0.6) is 0 Å². The van der Waals surface area contributed by atoms with E-state index in [9.17, 15) is 24.9 Å². The largest absolute Gasteiger partial charge is 0.469 e. The van der Waals surface area contributed by atoms with E-state index in [4.69, 9.17) is 9.47 Å². The molecule has 1 saturated heterocycles. The van der Waals surface area contributed by atoms with Crippen molar-refractivity contribution in [2.45, 2.75) is 83.4 Å². The number of esters is 2. The first-order valence-electron chi connectivity index (χ1n) is 9.93. The monoisotopic (exact) mass is 404 g/mol. The molecule has 0 spiro atoms. The molecule has 164 valence electrons. The van der Waals surface area contributed by atoms with Crippen LogP contribution in [0.25, 0.3) is 0 Å². The van der Waals surface area contributed by atoms with Gasteiger partial charge in [0.05, 0.1) is 57.6 Å². The maximum atomic E-state index is 11.6. The number of hydrogen-bond acceptors (Lipinski definition) is 8. The molecule has 0 aliphatic carbocycles. The summed E-state index contributed by atoms with van der Waals surface area (Å²) in [5, 5.41) is 31.0. The highest BCUT2D eigenvalue weighted by atomic mass is 16.5. The molecule has 1 aliphatic rings. The fourth-order valence-electron chi connectivity index (χ4n) is 3.52. The number of rotatable bonds is 10. The molecule has 1 heterocycles. The van der Waals surface area contributed by atoms with E-state index in [1.165, 1.54) is 14.2 Å². The number of aliphatic hydroxyl groups excluding tert-OH is 3. The Bertz CT molecular complexity index is 497. The Balaban J connectivity index is 2.57. The van der Waals surface area contributed by atoms with Crippen LogP contribution in [0.2, 0.25) is 0 Å². The molecular weight excluding hydrogens is 368 g/mol. The number of hydrogen-bond donors (Lipinski definition) is 3. The van der Waals surface area contributed by atoms with E-state index in [2.05, 4.69) is 4.74 Å². The Morgan fingerprint density at radius 1 is 1.07 bits per heavy atom. The van der Waals surface area contributed by atoms with Crippen LogP contribution in [0.15, 0.2) is 0 Å². The van der Waals surface area contributed by atoms with Crippen LogP contribution in [0.3, 0.4) is 0 Å². The first-order chi connectivity index (χ1) is 13.1. The van der Waals surface area contributed by atoms with Gasteiger partial charge in [-0.15, -0.1) is 0 Å². The van der Waals surface area contributed by atoms with Gasteiger partial charge in [-0.2, -0.15) is 0 Å². The summed E-state index contributed by atoms with van der Waals surface area (Å²) in [5.74, 6) is -1.50. The third-order valence-corrected chi connectivity index (χ3v) is 5.98. The fourth-order valence-corrected chi connectivity index (χ4v) is 3.52. The van der Waals surface area contributed by atoms with Gasteiger partial charge in [0.25, 0.3) is 0 Å². The van der Waals surface area contributed by atoms with E-state index >= 15 is 0 Å². The molecule has 1 rings (SSSR count). The van der Waals surface area contributed by atoms with Gasteiger partial charge in [0, 0.05) is 18.3 Å². The fraction of sp³-hybridized carbons (Fsp3) is 0.900. The van der Waals surface area contributed by atoms with Gasteiger partial charge in [0.1, 0.15) is 0 Å². The molecule has 0 bridgehead atoms. The van der Waals surface area contributed by atoms with Crippen molar-refractivity contribution in [3.8, 4) is 0 Å². The Hall–Kier alpha value is -1.22. The summed E-state index contributed by atoms with van der Waals surface area (Å²) in [6.07, 6.45) is -1.66. The number of carbonyl (C=O) groups is 2. The summed E-state index contributed by atoms with van der Waals surface area (Å²) in [6, 6.07) is 0. The minimum Gasteiger partial charge on any atom is -0.469 e. The Kier molecular flexibility index (Phi) is 10.4. The molecule has 8 nitrogen and oxygen atoms in total. The molecule has 8 heteroatoms. The van der Waals surface area contributed by atoms with E-state index in [0.29, 0.717) is 19.3 Å². The summed E-state index contributed by atoms with van der Waals surface area (Å²) in [4.78, 5) is 22.9. The van der Waals surface area contributed by atoms with Crippen LogP contribution in [-0.4, -0.2) is 72.0 Å². The lowest BCUT2D eigenvalue weighted by atomic mass is 9.82. The molecule has 0 aromatic rings. The summed E-state index contributed by atoms with van der Waals surface area (Å²) in [6.45, 7) is 5.50. The van der Waals surface area contributed by atoms with E-state index in [1.807, 2.05) is 20.8 Å². The van der Waals surface area contributed by atoms with Crippen LogP contribution < -0.4 is 0 Å². The Morgan fingerprint density at radius 3 is 2.25 bits per heavy atom. The van der Waals surface area contributed by atoms with Crippen LogP contribution in [0.4, 0.5) is 0 Å². The molecule has 1 fully saturated rings. The van der Waals surface area contributed by atoms with Crippen molar-refractivity contribution in [2.75, 3.05) is 14.2 Å². The first kappa shape index (κ1) is 24.8.